The molecule has 11 heavy (non-hydrogen) atoms. The first-order chi connectivity index (χ1) is 5.34. The maximum absolute atomic E-state index is 11.4. The summed E-state index contributed by atoms with van der Waals surface area (Å²) in [6.07, 6.45) is 2.37. The Morgan fingerprint density at radius 1 is 1.36 bits per heavy atom. The van der Waals surface area contributed by atoms with Gasteiger partial charge in [0.1, 0.15) is 0 Å². The molecule has 0 spiro atoms. The molecule has 4 rings (SSSR count). The highest BCUT2D eigenvalue weighted by Gasteiger charge is 2.50. The van der Waals surface area contributed by atoms with Crippen molar-refractivity contribution in [3.8, 4) is 0 Å². The number of carbonyl (C=O) groups excluding carboxylic acids is 1. The van der Waals surface area contributed by atoms with Gasteiger partial charge < -0.3 is 10.6 Å². The maximum atomic E-state index is 11.4. The molecular weight excluding hydrogens is 140 g/mol. The van der Waals surface area contributed by atoms with E-state index in [2.05, 4.69) is 10.6 Å². The van der Waals surface area contributed by atoms with Crippen LogP contribution in [0.2, 0.25) is 0 Å². The van der Waals surface area contributed by atoms with Crippen LogP contribution in [0.3, 0.4) is 0 Å². The number of nitrogens with one attached hydrogen (secondary N) is 2. The quantitative estimate of drug-likeness (QED) is 0.490. The fourth-order valence-electron chi connectivity index (χ4n) is 2.93. The lowest BCUT2D eigenvalue weighted by Crippen LogP contribution is -2.57. The number of hydrogen-bond donors (Lipinski definition) is 2. The van der Waals surface area contributed by atoms with E-state index in [0.29, 0.717) is 29.8 Å². The Balaban J connectivity index is 2.01. The van der Waals surface area contributed by atoms with E-state index in [9.17, 15) is 4.79 Å². The largest absolute Gasteiger partial charge is 0.353 e. The van der Waals surface area contributed by atoms with Gasteiger partial charge in [0.2, 0.25) is 5.91 Å². The zero-order valence-electron chi connectivity index (χ0n) is 6.34. The highest BCUT2D eigenvalue weighted by molar-refractivity contribution is 5.82. The smallest absolute Gasteiger partial charge is 0.225 e. The summed E-state index contributed by atoms with van der Waals surface area (Å²) < 4.78 is 0. The standard InChI is InChI=1S/C8H12N2O/c11-8-7-4-1-5(10-8)2-6(7)9-3-4/h4-7,9H,1-3H2,(H,10,11). The number of carbonyl (C=O) groups is 1. The number of rotatable bonds is 0. The van der Waals surface area contributed by atoms with Crippen molar-refractivity contribution in [1.29, 1.82) is 0 Å². The molecule has 4 bridgehead atoms. The van der Waals surface area contributed by atoms with Crippen LogP contribution in [0.1, 0.15) is 12.8 Å². The van der Waals surface area contributed by atoms with E-state index in [1.165, 1.54) is 6.42 Å². The normalized spacial score (nSPS) is 52.9. The predicted octanol–water partition coefficient (Wildman–Crippen LogP) is -0.517. The van der Waals surface area contributed by atoms with Crippen LogP contribution < -0.4 is 10.6 Å². The molecule has 4 atom stereocenters. The van der Waals surface area contributed by atoms with Crippen LogP contribution in [0.15, 0.2) is 0 Å². The molecular formula is C8H12N2O. The van der Waals surface area contributed by atoms with Gasteiger partial charge in [-0.25, -0.2) is 0 Å². The summed E-state index contributed by atoms with van der Waals surface area (Å²) in [4.78, 5) is 11.4. The molecule has 1 saturated carbocycles. The van der Waals surface area contributed by atoms with E-state index in [1.54, 1.807) is 0 Å². The van der Waals surface area contributed by atoms with Gasteiger partial charge in [0.05, 0.1) is 5.92 Å². The van der Waals surface area contributed by atoms with Crippen molar-refractivity contribution in [3.05, 3.63) is 0 Å². The molecule has 0 aromatic carbocycles. The summed E-state index contributed by atoms with van der Waals surface area (Å²) in [5.74, 6) is 1.25. The molecule has 4 fully saturated rings. The van der Waals surface area contributed by atoms with E-state index in [1.807, 2.05) is 0 Å². The first-order valence-corrected chi connectivity index (χ1v) is 4.38. The lowest BCUT2D eigenvalue weighted by molar-refractivity contribution is -0.132. The van der Waals surface area contributed by atoms with Gasteiger partial charge in [0, 0.05) is 12.1 Å². The fourth-order valence-corrected chi connectivity index (χ4v) is 2.93. The van der Waals surface area contributed by atoms with E-state index in [0.717, 1.165) is 13.0 Å². The number of fused-ring (bicyclic) bond motifs is 1. The number of piperidine rings is 2. The molecule has 4 aliphatic rings. The second-order valence-corrected chi connectivity index (χ2v) is 3.98. The van der Waals surface area contributed by atoms with Crippen LogP contribution in [-0.2, 0) is 4.79 Å². The summed E-state index contributed by atoms with van der Waals surface area (Å²) in [5.41, 5.74) is 0. The molecule has 0 aromatic heterocycles. The molecule has 60 valence electrons. The van der Waals surface area contributed by atoms with Gasteiger partial charge in [-0.2, -0.15) is 0 Å². The summed E-state index contributed by atoms with van der Waals surface area (Å²) in [6, 6.07) is 0.991. The van der Waals surface area contributed by atoms with Crippen LogP contribution in [0, 0.1) is 11.8 Å². The van der Waals surface area contributed by atoms with Gasteiger partial charge in [-0.05, 0) is 25.3 Å². The minimum atomic E-state index is 0.299. The third-order valence-corrected chi connectivity index (χ3v) is 3.36. The summed E-state index contributed by atoms with van der Waals surface area (Å²) >= 11 is 0. The molecule has 3 nitrogen and oxygen atoms in total. The number of amides is 1. The van der Waals surface area contributed by atoms with E-state index in [-0.39, 0.29) is 0 Å². The van der Waals surface area contributed by atoms with E-state index >= 15 is 0 Å². The molecule has 1 amide bonds. The second-order valence-electron chi connectivity index (χ2n) is 3.98. The lowest BCUT2D eigenvalue weighted by atomic mass is 9.73. The third-order valence-electron chi connectivity index (χ3n) is 3.36. The molecule has 1 aliphatic carbocycles. The topological polar surface area (TPSA) is 41.1 Å². The Morgan fingerprint density at radius 2 is 2.27 bits per heavy atom. The predicted molar refractivity (Wildman–Crippen MR) is 39.9 cm³/mol. The van der Waals surface area contributed by atoms with Gasteiger partial charge >= 0.3 is 0 Å². The number of hydrogen-bond acceptors (Lipinski definition) is 2. The zero-order valence-corrected chi connectivity index (χ0v) is 6.34. The first-order valence-electron chi connectivity index (χ1n) is 4.38. The van der Waals surface area contributed by atoms with Gasteiger partial charge in [0.15, 0.2) is 0 Å². The van der Waals surface area contributed by atoms with Crippen LogP contribution in [0.4, 0.5) is 0 Å². The Hall–Kier alpha value is -0.570. The SMILES string of the molecule is O=C1NC2CC3CNC(C2)C13. The Labute approximate surface area is 65.5 Å². The zero-order chi connectivity index (χ0) is 7.42. The maximum Gasteiger partial charge on any atom is 0.225 e. The van der Waals surface area contributed by atoms with Gasteiger partial charge in [-0.15, -0.1) is 0 Å². The Kier molecular flexibility index (Phi) is 0.969. The molecule has 3 saturated heterocycles. The minimum Gasteiger partial charge on any atom is -0.353 e. The average molecular weight is 152 g/mol. The van der Waals surface area contributed by atoms with Gasteiger partial charge in [-0.1, -0.05) is 0 Å². The summed E-state index contributed by atoms with van der Waals surface area (Å²) in [6.45, 7) is 1.07. The van der Waals surface area contributed by atoms with Crippen LogP contribution >= 0.6 is 0 Å². The summed E-state index contributed by atoms with van der Waals surface area (Å²) in [7, 11) is 0. The van der Waals surface area contributed by atoms with Crippen molar-refractivity contribution in [2.24, 2.45) is 11.8 Å². The van der Waals surface area contributed by atoms with Crippen molar-refractivity contribution < 1.29 is 4.79 Å². The molecule has 0 aromatic rings. The van der Waals surface area contributed by atoms with Crippen molar-refractivity contribution in [2.75, 3.05) is 6.54 Å². The minimum absolute atomic E-state index is 0.299. The van der Waals surface area contributed by atoms with E-state index < -0.39 is 0 Å². The Morgan fingerprint density at radius 3 is 2.91 bits per heavy atom. The second kappa shape index (κ2) is 1.78. The summed E-state index contributed by atoms with van der Waals surface area (Å²) in [5, 5.41) is 6.46. The monoisotopic (exact) mass is 152 g/mol. The fraction of sp³-hybridized carbons (Fsp3) is 0.875. The Bertz CT molecular complexity index is 202. The molecule has 2 N–H and O–H groups in total. The van der Waals surface area contributed by atoms with Gasteiger partial charge in [-0.3, -0.25) is 4.79 Å². The van der Waals surface area contributed by atoms with Crippen molar-refractivity contribution >= 4 is 5.91 Å². The van der Waals surface area contributed by atoms with Crippen molar-refractivity contribution in [2.45, 2.75) is 24.9 Å². The lowest BCUT2D eigenvalue weighted by Gasteiger charge is -2.40. The molecule has 3 aliphatic heterocycles. The highest BCUT2D eigenvalue weighted by atomic mass is 16.2. The van der Waals surface area contributed by atoms with Gasteiger partial charge in [0.25, 0.3) is 0 Å². The van der Waals surface area contributed by atoms with Crippen LogP contribution in [-0.4, -0.2) is 24.5 Å². The third kappa shape index (κ3) is 0.644. The molecule has 3 heterocycles. The van der Waals surface area contributed by atoms with Crippen molar-refractivity contribution in [1.82, 2.24) is 10.6 Å². The molecule has 4 unspecified atom stereocenters. The van der Waals surface area contributed by atoms with Crippen LogP contribution in [0.25, 0.3) is 0 Å². The first kappa shape index (κ1) is 6.00. The average Bonchev–Trinajstić information content (AvgIpc) is 2.27. The van der Waals surface area contributed by atoms with Crippen LogP contribution in [0.5, 0.6) is 0 Å². The van der Waals surface area contributed by atoms with E-state index in [4.69, 9.17) is 0 Å². The molecule has 3 heteroatoms. The molecule has 0 radical (unpaired) electrons. The highest BCUT2D eigenvalue weighted by Crippen LogP contribution is 2.38. The van der Waals surface area contributed by atoms with Crippen molar-refractivity contribution in [3.63, 3.8) is 0 Å².